The van der Waals surface area contributed by atoms with Crippen LogP contribution in [0.15, 0.2) is 30.3 Å². The molecule has 19 atom stereocenters. The van der Waals surface area contributed by atoms with Gasteiger partial charge in [0.2, 0.25) is 0 Å². The Bertz CT molecular complexity index is 3630. The highest BCUT2D eigenvalue weighted by Gasteiger charge is 2.53. The third-order valence-corrected chi connectivity index (χ3v) is 39.4. The zero-order chi connectivity index (χ0) is 108. The Labute approximate surface area is 918 Å². The van der Waals surface area contributed by atoms with Crippen LogP contribution >= 0.6 is 0 Å². The van der Waals surface area contributed by atoms with E-state index >= 15 is 0 Å². The van der Waals surface area contributed by atoms with Gasteiger partial charge in [0.05, 0.1) is 112 Å². The lowest BCUT2D eigenvalue weighted by Crippen LogP contribution is -2.59. The van der Waals surface area contributed by atoms with Gasteiger partial charge in [-0.1, -0.05) is 163 Å². The van der Waals surface area contributed by atoms with E-state index in [4.69, 9.17) is 42.6 Å². The number of carbonyl (C=O) groups excluding carboxylic acids is 1. The van der Waals surface area contributed by atoms with E-state index in [9.17, 15) is 4.79 Å². The minimum absolute atomic E-state index is 0.00323. The van der Waals surface area contributed by atoms with Gasteiger partial charge in [-0.2, -0.15) is 0 Å². The van der Waals surface area contributed by atoms with Crippen molar-refractivity contribution in [2.45, 2.75) is 619 Å². The number of benzene rings is 1. The number of likely N-dealkylation sites (tertiary alicyclic amines) is 1. The van der Waals surface area contributed by atoms with E-state index in [1.165, 1.54) is 276 Å². The molecule has 0 aromatic heterocycles. The quantitative estimate of drug-likeness (QED) is 0.0450. The van der Waals surface area contributed by atoms with Gasteiger partial charge in [-0.25, -0.2) is 0 Å². The number of rotatable bonds is 43. The van der Waals surface area contributed by atoms with E-state index in [0.717, 1.165) is 119 Å². The number of hydrogen-bond acceptors (Lipinski definition) is 20. The molecule has 0 spiro atoms. The summed E-state index contributed by atoms with van der Waals surface area (Å²) in [6, 6.07) is 20.8. The van der Waals surface area contributed by atoms with Crippen LogP contribution in [0.25, 0.3) is 0 Å². The lowest BCUT2D eigenvalue weighted by molar-refractivity contribution is -0.171. The largest absolute Gasteiger partial charge is 0.465 e. The van der Waals surface area contributed by atoms with Crippen LogP contribution in [0, 0.1) is 46.3 Å². The second-order valence-electron chi connectivity index (χ2n) is 55.7. The average molecular weight is 2090 g/mol. The Hall–Kier alpha value is -2.03. The molecule has 0 amide bonds. The summed E-state index contributed by atoms with van der Waals surface area (Å²) in [7, 11) is 10.7. The molecule has 20 nitrogen and oxygen atoms in total. The van der Waals surface area contributed by atoms with Crippen molar-refractivity contribution in [2.24, 2.45) is 46.3 Å². The van der Waals surface area contributed by atoms with Gasteiger partial charge >= 0.3 is 5.97 Å². The number of carbonyl (C=O) groups is 1. The highest BCUT2D eigenvalue weighted by atomic mass is 16.6. The van der Waals surface area contributed by atoms with Crippen LogP contribution < -0.4 is 0 Å². The Balaban J connectivity index is 0.000000165. The zero-order valence-corrected chi connectivity index (χ0v) is 103. The van der Waals surface area contributed by atoms with Crippen molar-refractivity contribution in [3.63, 3.8) is 0 Å². The van der Waals surface area contributed by atoms with Crippen molar-refractivity contribution in [3.05, 3.63) is 35.9 Å². The highest BCUT2D eigenvalue weighted by molar-refractivity contribution is 5.72. The molecule has 0 radical (unpaired) electrons. The summed E-state index contributed by atoms with van der Waals surface area (Å²) in [6.07, 6.45) is 60.8. The van der Waals surface area contributed by atoms with Crippen molar-refractivity contribution in [1.82, 2.24) is 49.0 Å². The number of piperidine rings is 1. The number of esters is 1. The fraction of sp³-hybridized carbons (Fsp3) is 0.946. The topological polar surface area (TPSA) is 152 Å². The number of epoxide rings is 6. The molecule has 19 unspecified atom stereocenters. The molecule has 0 bridgehead atoms. The Morgan fingerprint density at radius 3 is 1.08 bits per heavy atom. The maximum atomic E-state index is 12.3. The van der Waals surface area contributed by atoms with Crippen LogP contribution in [0.1, 0.15) is 455 Å². The first-order valence-electron chi connectivity index (χ1n) is 63.5. The lowest BCUT2D eigenvalue weighted by atomic mass is 9.74. The van der Waals surface area contributed by atoms with Crippen LogP contribution in [0.2, 0.25) is 0 Å². The molecule has 866 valence electrons. The number of nitrogens with zero attached hydrogens (tertiary/aromatic N) is 10. The average Bonchev–Trinajstić information content (AvgIpc) is 1.64. The molecule has 0 N–H and O–H groups in total. The molecular formula is C129H240N10O10. The first-order valence-corrected chi connectivity index (χ1v) is 63.5. The molecule has 18 rings (SSSR count). The number of hydrogen-bond donors (Lipinski definition) is 0. The predicted octanol–water partition coefficient (Wildman–Crippen LogP) is 26.6. The molecule has 1 aromatic rings. The van der Waals surface area contributed by atoms with Crippen LogP contribution in [0.3, 0.4) is 0 Å². The van der Waals surface area contributed by atoms with Crippen molar-refractivity contribution in [2.75, 3.05) is 121 Å². The molecule has 9 heterocycles. The lowest BCUT2D eigenvalue weighted by Gasteiger charge is -2.53. The standard InChI is InChI=1S/C28H50N2O.C20H31NO.C18H31NO3.C17H33NO.C16H34N2O.C11H23NO.C10H19NO.C9H19NO/c1-5-13-23(14-6-1)29(24-15-7-2-8-16-24)21-27-28(31-27)22-30(25-17-9-3-10-18-25)26-19-11-4-12-20-26;1-14(2)20(17-8-6-5-7-9-17)21(15(3)4)13-16-10-11-18-19(12-16)22-18;1-17(2)9-12(10-18(3,4)19(17)5)11-21-16(20)13-6-7-14-15(8-13)22-14;1-5-14(6-2)18(15(7-3)8-4)12-13-9-10-16-17(11-13)19-16;1-11(2)17(12(3)4)9-15-16(19-15)10-18(13(5)6)14(7)8;1-9(2)12(10(3)4)6-11(5)7-13-8-11;1-11(2)6-5-8-3-4-9-10(7-8)12-9;1-8-9(2,7-11-8)5-6-10(3)4/h23-28H,1-22H2;5-9,14-16,18-20H,10-13H2,1-4H3;12-15H,6-11H2,1-5H3;13-17H,5-12H2,1-4H3;11-16H,9-10H2,1-8H3;9-10H,6-8H2,1-5H3;8-10H,3-7H2,1-2H3;8H,5-7H2,1-4H3. The molecule has 8 aliphatic carbocycles. The van der Waals surface area contributed by atoms with Crippen LogP contribution in [0.4, 0.5) is 0 Å². The van der Waals surface area contributed by atoms with Gasteiger partial charge in [0.1, 0.15) is 0 Å². The highest BCUT2D eigenvalue weighted by Crippen LogP contribution is 2.48. The second-order valence-corrected chi connectivity index (χ2v) is 55.7. The molecule has 149 heavy (non-hydrogen) atoms. The summed E-state index contributed by atoms with van der Waals surface area (Å²) < 4.78 is 51.1. The Morgan fingerprint density at radius 2 is 0.752 bits per heavy atom. The summed E-state index contributed by atoms with van der Waals surface area (Å²) in [5.41, 5.74) is 2.62. The third-order valence-electron chi connectivity index (χ3n) is 39.4. The van der Waals surface area contributed by atoms with Gasteiger partial charge in [0, 0.05) is 152 Å². The van der Waals surface area contributed by atoms with Gasteiger partial charge in [0.25, 0.3) is 0 Å². The summed E-state index contributed by atoms with van der Waals surface area (Å²) in [5, 5.41) is 0. The van der Waals surface area contributed by atoms with Crippen LogP contribution in [0.5, 0.6) is 0 Å². The van der Waals surface area contributed by atoms with Gasteiger partial charge in [-0.05, 0) is 395 Å². The molecular weight excluding hydrogens is 1850 g/mol. The normalized spacial score (nSPS) is 31.3. The SMILES string of the molecule is C1CCC(N(CC2OC2CN(C2CCCCC2)C2CCCCC2)C2CCCCC2)CC1.CC(C)C(c1ccccc1)N(CC1CCC2OC2C1)C(C)C.CC(C)N(CC1(C)COC1)C(C)C.CC(C)N(CC1OC1CN(C(C)C)C(C)C)C(C)C.CC1OCC1(C)CCN(C)C.CCC(CC)N(CC1CCC2OC2C1)C(CC)CC.CN(C)CCC1CCC2OC2C1.CN1C(C)(C)CC(COC(=O)C2CCC3OC3C2)CC1(C)C. The molecule has 17 aliphatic rings. The monoisotopic (exact) mass is 2090 g/mol. The van der Waals surface area contributed by atoms with E-state index in [0.29, 0.717) is 157 Å². The number of ether oxygens (including phenoxy) is 9. The summed E-state index contributed by atoms with van der Waals surface area (Å²) in [5.74, 6) is 3.77. The van der Waals surface area contributed by atoms with E-state index in [-0.39, 0.29) is 23.0 Å². The van der Waals surface area contributed by atoms with Gasteiger partial charge < -0.3 is 52.4 Å². The predicted molar refractivity (Wildman–Crippen MR) is 623 cm³/mol. The Morgan fingerprint density at radius 1 is 0.389 bits per heavy atom. The first-order chi connectivity index (χ1) is 70.8. The summed E-state index contributed by atoms with van der Waals surface area (Å²) in [6.45, 7) is 76.1. The molecule has 8 saturated carbocycles. The molecule has 9 aliphatic heterocycles. The third kappa shape index (κ3) is 40.6. The Kier molecular flexibility index (Phi) is 52.2. The van der Waals surface area contributed by atoms with Gasteiger partial charge in [0.15, 0.2) is 0 Å². The van der Waals surface area contributed by atoms with Crippen molar-refractivity contribution >= 4 is 5.97 Å². The number of fused-ring (bicyclic) bond motifs is 4. The van der Waals surface area contributed by atoms with Gasteiger partial charge in [-0.3, -0.25) is 44.0 Å². The molecule has 9 saturated heterocycles. The molecule has 20 heteroatoms. The first kappa shape index (κ1) is 127. The van der Waals surface area contributed by atoms with E-state index in [1.807, 2.05) is 0 Å². The zero-order valence-electron chi connectivity index (χ0n) is 103. The fourth-order valence-electron chi connectivity index (χ4n) is 29.0. The summed E-state index contributed by atoms with van der Waals surface area (Å²) >= 11 is 0. The van der Waals surface area contributed by atoms with E-state index in [2.05, 4.69) is 302 Å². The maximum Gasteiger partial charge on any atom is 0.309 e. The van der Waals surface area contributed by atoms with Gasteiger partial charge in [-0.15, -0.1) is 0 Å². The van der Waals surface area contributed by atoms with E-state index < -0.39 is 0 Å². The molecule has 17 fully saturated rings. The second kappa shape index (κ2) is 61.2. The van der Waals surface area contributed by atoms with Crippen molar-refractivity contribution < 1.29 is 47.4 Å². The van der Waals surface area contributed by atoms with Crippen molar-refractivity contribution in [1.29, 1.82) is 0 Å². The van der Waals surface area contributed by atoms with E-state index in [1.54, 1.807) is 0 Å². The van der Waals surface area contributed by atoms with Crippen LogP contribution in [-0.2, 0) is 47.4 Å². The maximum absolute atomic E-state index is 12.3. The van der Waals surface area contributed by atoms with Crippen LogP contribution in [-0.4, -0.2) is 345 Å². The minimum atomic E-state index is 0.00323. The fourth-order valence-corrected chi connectivity index (χ4v) is 29.0. The smallest absolute Gasteiger partial charge is 0.309 e. The minimum Gasteiger partial charge on any atom is -0.465 e. The summed E-state index contributed by atoms with van der Waals surface area (Å²) in [4.78, 5) is 38.4. The molecule has 1 aromatic carbocycles. The van der Waals surface area contributed by atoms with Crippen molar-refractivity contribution in [3.8, 4) is 0 Å².